The van der Waals surface area contributed by atoms with Gasteiger partial charge in [-0.15, -0.1) is 0 Å². The molecule has 1 aliphatic rings. The fraction of sp³-hybridized carbons (Fsp3) is 0.547. The number of aromatic nitrogens is 5. The molecule has 5 aromatic rings. The molecule has 454 valence electrons. The Labute approximate surface area is 486 Å². The quantitative estimate of drug-likeness (QED) is 0.0430. The van der Waals surface area contributed by atoms with E-state index < -0.39 is 30.3 Å². The van der Waals surface area contributed by atoms with Gasteiger partial charge in [0.1, 0.15) is 29.3 Å². The molecule has 2 aromatic carbocycles. The number of Topliss-reactive ketones (excluding diaryl/α,β-unsaturated/α-hetero) is 1. The van der Waals surface area contributed by atoms with E-state index in [-0.39, 0.29) is 29.9 Å². The molecule has 17 heteroatoms. The second-order valence-corrected chi connectivity index (χ2v) is 18.3. The number of hydrogen-bond donors (Lipinski definition) is 4. The number of aliphatic imine (C=N–C) groups is 1. The Hall–Kier alpha value is -6.88. The zero-order valence-electron chi connectivity index (χ0n) is 53.6. The number of hydrogen-bond acceptors (Lipinski definition) is 10. The number of unbranched alkanes of at least 4 members (excludes halogenated alkanes) is 2. The first-order valence-electron chi connectivity index (χ1n) is 29.3. The smallest absolute Gasteiger partial charge is 0.407 e. The number of carbonyl (C=O) groups excluding carboxylic acids is 4. The summed E-state index contributed by atoms with van der Waals surface area (Å²) in [5, 5.41) is 3.37. The molecule has 0 saturated heterocycles. The standard InChI is InChI=1S/C45H56FN7O3.C8H15NO3.5C2H6.CH3NO/c1-10-13-15-28(6)43-49-25-36(51-43)32-20-34(46)41-38-21-33-19-31(16-17-37(33)53(38)45(56-39(41)22-32)29(7)23-47-30(8)12-3)35-24-48-40(50-35)26-52(18-14-11-2)44(54)42(55-9)27(4)5;1-5(2)7(6(3)10)9-8(11)12-4;5*1-2;2-1-3/h16-17,19-25,27,42,45H,6,10-15,18,26H2,1-5,7-9H3,(H,48,50)(H,49,51);5,7H,1-4H3,(H,9,11);5*1-2H3;1H,(H2,2,3)/b29-23+,47-30?;;;;;;;. The first kappa shape index (κ1) is 76.2. The molecule has 0 radical (unpaired) electrons. The van der Waals surface area contributed by atoms with E-state index in [1.54, 1.807) is 19.5 Å². The molecule has 81 heavy (non-hydrogen) atoms. The van der Waals surface area contributed by atoms with Crippen LogP contribution in [0.15, 0.2) is 72.1 Å². The van der Waals surface area contributed by atoms with E-state index in [9.17, 15) is 14.4 Å². The van der Waals surface area contributed by atoms with Crippen LogP contribution in [0.5, 0.6) is 5.75 Å². The normalized spacial score (nSPS) is 12.6. The van der Waals surface area contributed by atoms with Crippen molar-refractivity contribution in [2.75, 3.05) is 20.8 Å². The Morgan fingerprint density at radius 3 is 1.99 bits per heavy atom. The Morgan fingerprint density at radius 1 is 0.864 bits per heavy atom. The number of rotatable bonds is 20. The molecule has 0 saturated carbocycles. The van der Waals surface area contributed by atoms with E-state index >= 15 is 4.39 Å². The van der Waals surface area contributed by atoms with Crippen molar-refractivity contribution in [3.8, 4) is 39.5 Å². The van der Waals surface area contributed by atoms with Gasteiger partial charge < -0.3 is 44.7 Å². The number of nitrogens with zero attached hydrogens (tertiary/aromatic N) is 5. The summed E-state index contributed by atoms with van der Waals surface area (Å²) >= 11 is 0. The van der Waals surface area contributed by atoms with E-state index in [2.05, 4.69) is 78.7 Å². The van der Waals surface area contributed by atoms with Crippen LogP contribution >= 0.6 is 0 Å². The van der Waals surface area contributed by atoms with Gasteiger partial charge in [0, 0.05) is 47.7 Å². The van der Waals surface area contributed by atoms with Crippen molar-refractivity contribution in [1.29, 1.82) is 0 Å². The number of methoxy groups -OCH3 is 2. The predicted octanol–water partition coefficient (Wildman–Crippen LogP) is 16.1. The number of ether oxygens (including phenoxy) is 3. The van der Waals surface area contributed by atoms with Crippen LogP contribution in [0, 0.1) is 17.7 Å². The van der Waals surface area contributed by atoms with Crippen LogP contribution in [-0.4, -0.2) is 92.2 Å². The highest BCUT2D eigenvalue weighted by Crippen LogP contribution is 2.47. The molecule has 0 spiro atoms. The van der Waals surface area contributed by atoms with Crippen molar-refractivity contribution in [1.82, 2.24) is 34.7 Å². The second kappa shape index (κ2) is 42.0. The van der Waals surface area contributed by atoms with Crippen LogP contribution in [0.4, 0.5) is 9.18 Å². The molecular weight excluding hydrogens is 1030 g/mol. The number of aromatic amines is 2. The summed E-state index contributed by atoms with van der Waals surface area (Å²) in [6, 6.07) is 11.1. The number of H-pyrrole nitrogens is 2. The highest BCUT2D eigenvalue weighted by Gasteiger charge is 2.33. The van der Waals surface area contributed by atoms with Crippen molar-refractivity contribution in [3.63, 3.8) is 0 Å². The monoisotopic (exact) mass is 1130 g/mol. The van der Waals surface area contributed by atoms with Crippen LogP contribution < -0.4 is 15.8 Å². The van der Waals surface area contributed by atoms with E-state index in [1.807, 2.05) is 146 Å². The van der Waals surface area contributed by atoms with Crippen LogP contribution in [0.2, 0.25) is 0 Å². The third kappa shape index (κ3) is 22.9. The maximum atomic E-state index is 16.5. The second-order valence-electron chi connectivity index (χ2n) is 18.3. The highest BCUT2D eigenvalue weighted by molar-refractivity contribution is 5.93. The van der Waals surface area contributed by atoms with Gasteiger partial charge in [-0.1, -0.05) is 143 Å². The van der Waals surface area contributed by atoms with E-state index in [4.69, 9.17) is 14.3 Å². The van der Waals surface area contributed by atoms with Gasteiger partial charge in [-0.3, -0.25) is 19.4 Å². The number of nitrogens with two attached hydrogens (primary N) is 1. The van der Waals surface area contributed by atoms with Gasteiger partial charge in [0.2, 0.25) is 12.6 Å². The van der Waals surface area contributed by atoms with Gasteiger partial charge in [0.25, 0.3) is 5.91 Å². The summed E-state index contributed by atoms with van der Waals surface area (Å²) in [5.74, 6) is 1.50. The first-order chi connectivity index (χ1) is 38.9. The molecule has 0 fully saturated rings. The minimum absolute atomic E-state index is 0.0337. The summed E-state index contributed by atoms with van der Waals surface area (Å²) < 4.78 is 35.2. The lowest BCUT2D eigenvalue weighted by Crippen LogP contribution is -2.43. The fourth-order valence-electron chi connectivity index (χ4n) is 8.07. The number of allylic oxidation sites excluding steroid dienone is 1. The minimum atomic E-state index is -0.567. The molecule has 1 aliphatic heterocycles. The summed E-state index contributed by atoms with van der Waals surface area (Å²) in [5.41, 5.74) is 12.1. The molecule has 3 unspecified atom stereocenters. The number of ketones is 1. The number of carbonyl (C=O) groups is 4. The average Bonchev–Trinajstić information content (AvgIpc) is 4.26. The highest BCUT2D eigenvalue weighted by atomic mass is 19.1. The SMILES string of the molecule is C=C(CCCC)c1ncc(-c2cc(F)c3c(c2)OC(/C(C)=C/N=C(C)CC)n2c-3cc3cc(-c4cnc(CN(CCCC)C(=O)C(OC)C(C)C)[nH]4)ccc32)[nH]1.CC.CC.CC.CC.CC.COC(=O)NC(C(C)=O)C(C)C.NC=O. The summed E-state index contributed by atoms with van der Waals surface area (Å²) in [7, 11) is 2.86. The van der Waals surface area contributed by atoms with Gasteiger partial charge in [-0.2, -0.15) is 0 Å². The van der Waals surface area contributed by atoms with Gasteiger partial charge in [-0.05, 0) is 94.2 Å². The Bertz CT molecular complexity index is 2680. The molecule has 3 amide bonds. The van der Waals surface area contributed by atoms with Crippen molar-refractivity contribution < 1.29 is 37.8 Å². The Balaban J connectivity index is 0. The van der Waals surface area contributed by atoms with Crippen molar-refractivity contribution in [2.24, 2.45) is 22.6 Å². The molecule has 3 atom stereocenters. The number of imidazole rings is 2. The van der Waals surface area contributed by atoms with Crippen LogP contribution in [-0.2, 0) is 30.4 Å². The fourth-order valence-corrected chi connectivity index (χ4v) is 8.07. The molecule has 4 heterocycles. The molecule has 5 N–H and O–H groups in total. The van der Waals surface area contributed by atoms with Crippen LogP contribution in [0.25, 0.3) is 50.2 Å². The molecule has 0 aliphatic carbocycles. The predicted molar refractivity (Wildman–Crippen MR) is 336 cm³/mol. The van der Waals surface area contributed by atoms with E-state index in [1.165, 1.54) is 20.1 Å². The van der Waals surface area contributed by atoms with E-state index in [0.29, 0.717) is 53.0 Å². The summed E-state index contributed by atoms with van der Waals surface area (Å²) in [4.78, 5) is 66.3. The third-order valence-electron chi connectivity index (χ3n) is 12.1. The van der Waals surface area contributed by atoms with Gasteiger partial charge in [0.05, 0.1) is 60.3 Å². The van der Waals surface area contributed by atoms with Crippen LogP contribution in [0.3, 0.4) is 0 Å². The average molecular weight is 1130 g/mol. The first-order valence-corrected chi connectivity index (χ1v) is 29.3. The maximum Gasteiger partial charge on any atom is 0.407 e. The lowest BCUT2D eigenvalue weighted by Gasteiger charge is -2.31. The van der Waals surface area contributed by atoms with Crippen LogP contribution in [0.1, 0.15) is 195 Å². The topological polar surface area (TPSA) is 212 Å². The van der Waals surface area contributed by atoms with Crippen molar-refractivity contribution in [2.45, 2.75) is 202 Å². The number of benzene rings is 2. The molecule has 3 aromatic heterocycles. The largest absolute Gasteiger partial charge is 0.465 e. The van der Waals surface area contributed by atoms with Crippen molar-refractivity contribution in [3.05, 3.63) is 84.6 Å². The van der Waals surface area contributed by atoms with Gasteiger partial charge >= 0.3 is 6.09 Å². The number of fused-ring (bicyclic) bond motifs is 5. The number of nitrogens with one attached hydrogen (secondary N) is 3. The Kier molecular flexibility index (Phi) is 39.5. The summed E-state index contributed by atoms with van der Waals surface area (Å²) in [6.07, 6.45) is 9.60. The summed E-state index contributed by atoms with van der Waals surface area (Å²) in [6.45, 7) is 44.7. The molecular formula is C64H104FN9O7. The lowest BCUT2D eigenvalue weighted by atomic mass is 10.0. The number of alkyl carbamates (subject to hydrolysis) is 1. The van der Waals surface area contributed by atoms with Crippen molar-refractivity contribution >= 4 is 46.4 Å². The van der Waals surface area contributed by atoms with E-state index in [0.717, 1.165) is 77.5 Å². The zero-order chi connectivity index (χ0) is 62.5. The number of halogens is 1. The van der Waals surface area contributed by atoms with Gasteiger partial charge in [0.15, 0.2) is 5.78 Å². The molecule has 0 bridgehead atoms. The Morgan fingerprint density at radius 2 is 1.46 bits per heavy atom. The van der Waals surface area contributed by atoms with Gasteiger partial charge in [-0.25, -0.2) is 19.2 Å². The molecule has 16 nitrogen and oxygen atoms in total. The zero-order valence-corrected chi connectivity index (χ0v) is 53.6. The number of amides is 3. The molecule has 6 rings (SSSR count). The minimum Gasteiger partial charge on any atom is -0.465 e. The number of primary amides is 1. The maximum absolute atomic E-state index is 16.5. The third-order valence-corrected chi connectivity index (χ3v) is 12.1. The lowest BCUT2D eigenvalue weighted by molar-refractivity contribution is -0.145.